The second kappa shape index (κ2) is 7.53. The summed E-state index contributed by atoms with van der Waals surface area (Å²) in [6, 6.07) is 0.377. The molecule has 1 unspecified atom stereocenters. The molecule has 1 aliphatic rings. The monoisotopic (exact) mass is 278 g/mol. The highest BCUT2D eigenvalue weighted by atomic mass is 16.1. The van der Waals surface area contributed by atoms with Crippen molar-refractivity contribution in [1.82, 2.24) is 19.7 Å². The van der Waals surface area contributed by atoms with Crippen molar-refractivity contribution in [3.8, 4) is 0 Å². The van der Waals surface area contributed by atoms with E-state index in [0.29, 0.717) is 12.5 Å². The van der Waals surface area contributed by atoms with Gasteiger partial charge < -0.3 is 0 Å². The topological polar surface area (TPSA) is 51.0 Å². The largest absolute Gasteiger partial charge is 0.300 e. The number of carbonyl (C=O) groups is 1. The Morgan fingerprint density at radius 2 is 2.25 bits per heavy atom. The Bertz CT molecular complexity index is 429. The Balaban J connectivity index is 2.06. The van der Waals surface area contributed by atoms with E-state index in [-0.39, 0.29) is 5.78 Å². The molecule has 1 fully saturated rings. The van der Waals surface area contributed by atoms with E-state index in [1.165, 1.54) is 19.3 Å². The van der Waals surface area contributed by atoms with E-state index in [1.807, 2.05) is 4.68 Å². The van der Waals surface area contributed by atoms with Crippen molar-refractivity contribution < 1.29 is 4.79 Å². The van der Waals surface area contributed by atoms with E-state index in [4.69, 9.17) is 0 Å². The van der Waals surface area contributed by atoms with Crippen molar-refractivity contribution in [3.63, 3.8) is 0 Å². The Morgan fingerprint density at radius 3 is 3.00 bits per heavy atom. The first-order valence-electron chi connectivity index (χ1n) is 7.81. The predicted octanol–water partition coefficient (Wildman–Crippen LogP) is 2.41. The number of hydrogen-bond acceptors (Lipinski definition) is 4. The lowest BCUT2D eigenvalue weighted by molar-refractivity contribution is -0.118. The molecule has 5 nitrogen and oxygen atoms in total. The van der Waals surface area contributed by atoms with Gasteiger partial charge in [0.05, 0.1) is 6.54 Å². The number of aromatic nitrogens is 3. The summed E-state index contributed by atoms with van der Waals surface area (Å²) in [7, 11) is 0. The van der Waals surface area contributed by atoms with Gasteiger partial charge in [0.15, 0.2) is 0 Å². The van der Waals surface area contributed by atoms with E-state index in [9.17, 15) is 4.79 Å². The summed E-state index contributed by atoms with van der Waals surface area (Å²) in [5, 5.41) is 4.29. The lowest BCUT2D eigenvalue weighted by atomic mass is 10.0. The average molecular weight is 278 g/mol. The fraction of sp³-hybridized carbons (Fsp3) is 0.800. The van der Waals surface area contributed by atoms with Crippen molar-refractivity contribution in [2.24, 2.45) is 0 Å². The van der Waals surface area contributed by atoms with Gasteiger partial charge in [-0.1, -0.05) is 19.8 Å². The maximum Gasteiger partial charge on any atom is 0.141 e. The van der Waals surface area contributed by atoms with Gasteiger partial charge in [-0.15, -0.1) is 0 Å². The third-order valence-electron chi connectivity index (χ3n) is 4.00. The van der Waals surface area contributed by atoms with Crippen LogP contribution in [0.25, 0.3) is 0 Å². The molecule has 0 amide bonds. The molecule has 0 N–H and O–H groups in total. The Kier molecular flexibility index (Phi) is 5.71. The maximum atomic E-state index is 11.5. The third kappa shape index (κ3) is 4.13. The van der Waals surface area contributed by atoms with Crippen LogP contribution >= 0.6 is 0 Å². The minimum Gasteiger partial charge on any atom is -0.300 e. The van der Waals surface area contributed by atoms with Crippen LogP contribution in [-0.4, -0.2) is 38.0 Å². The number of aryl methyl sites for hydroxylation is 1. The van der Waals surface area contributed by atoms with Crippen LogP contribution in [0.15, 0.2) is 6.33 Å². The molecule has 0 radical (unpaired) electrons. The van der Waals surface area contributed by atoms with Crippen LogP contribution in [0, 0.1) is 0 Å². The van der Waals surface area contributed by atoms with Gasteiger partial charge in [-0.2, -0.15) is 5.10 Å². The van der Waals surface area contributed by atoms with E-state index in [2.05, 4.69) is 21.9 Å². The smallest absolute Gasteiger partial charge is 0.141 e. The fourth-order valence-corrected chi connectivity index (χ4v) is 3.00. The van der Waals surface area contributed by atoms with Crippen LogP contribution in [0.3, 0.4) is 0 Å². The molecule has 2 rings (SSSR count). The van der Waals surface area contributed by atoms with Gasteiger partial charge in [0.25, 0.3) is 0 Å². The molecule has 1 saturated heterocycles. The minimum atomic E-state index is 0.289. The van der Waals surface area contributed by atoms with Crippen molar-refractivity contribution in [3.05, 3.63) is 12.2 Å². The summed E-state index contributed by atoms with van der Waals surface area (Å²) in [6.07, 6.45) is 8.22. The molecular formula is C15H26N4O. The lowest BCUT2D eigenvalue weighted by Crippen LogP contribution is -2.36. The standard InChI is InChI=1S/C15H26N4O/c1-3-8-19-15(16-12-17-19)11-18-9-6-4-5-7-14(18)10-13(2)20/h12,14H,3-11H2,1-2H3. The molecule has 0 aromatic carbocycles. The molecule has 0 aliphatic carbocycles. The molecule has 1 aromatic rings. The summed E-state index contributed by atoms with van der Waals surface area (Å²) in [6.45, 7) is 6.65. The Labute approximate surface area is 121 Å². The number of hydrogen-bond donors (Lipinski definition) is 0. The van der Waals surface area contributed by atoms with Crippen LogP contribution < -0.4 is 0 Å². The summed E-state index contributed by atoms with van der Waals surface area (Å²) < 4.78 is 2.00. The molecule has 0 saturated carbocycles. The van der Waals surface area contributed by atoms with Crippen LogP contribution in [0.4, 0.5) is 0 Å². The van der Waals surface area contributed by atoms with Crippen molar-refractivity contribution in [1.29, 1.82) is 0 Å². The Hall–Kier alpha value is -1.23. The van der Waals surface area contributed by atoms with E-state index in [0.717, 1.165) is 38.3 Å². The van der Waals surface area contributed by atoms with E-state index >= 15 is 0 Å². The summed E-state index contributed by atoms with van der Waals surface area (Å²) in [5.41, 5.74) is 0. The summed E-state index contributed by atoms with van der Waals surface area (Å²) in [4.78, 5) is 18.3. The number of rotatable bonds is 6. The number of Topliss-reactive ketones (excluding diaryl/α,β-unsaturated/α-hetero) is 1. The second-order valence-corrected chi connectivity index (χ2v) is 5.78. The lowest BCUT2D eigenvalue weighted by Gasteiger charge is -2.28. The predicted molar refractivity (Wildman–Crippen MR) is 78.3 cm³/mol. The summed E-state index contributed by atoms with van der Waals surface area (Å²) >= 11 is 0. The zero-order valence-corrected chi connectivity index (χ0v) is 12.7. The first-order chi connectivity index (χ1) is 9.70. The first-order valence-corrected chi connectivity index (χ1v) is 7.81. The molecule has 0 bridgehead atoms. The van der Waals surface area contributed by atoms with Crippen molar-refractivity contribution >= 4 is 5.78 Å². The molecule has 2 heterocycles. The van der Waals surface area contributed by atoms with E-state index < -0.39 is 0 Å². The first kappa shape index (κ1) is 15.2. The molecular weight excluding hydrogens is 252 g/mol. The zero-order valence-electron chi connectivity index (χ0n) is 12.7. The van der Waals surface area contributed by atoms with Crippen LogP contribution in [0.1, 0.15) is 58.2 Å². The van der Waals surface area contributed by atoms with Crippen molar-refractivity contribution in [2.75, 3.05) is 6.54 Å². The minimum absolute atomic E-state index is 0.289. The van der Waals surface area contributed by atoms with Gasteiger partial charge in [0.1, 0.15) is 17.9 Å². The van der Waals surface area contributed by atoms with Gasteiger partial charge in [0, 0.05) is 19.0 Å². The van der Waals surface area contributed by atoms with Crippen LogP contribution in [0.5, 0.6) is 0 Å². The molecule has 20 heavy (non-hydrogen) atoms. The SMILES string of the molecule is CCCn1ncnc1CN1CCCCCC1CC(C)=O. The highest BCUT2D eigenvalue weighted by molar-refractivity contribution is 5.76. The normalized spacial score (nSPS) is 20.8. The summed E-state index contributed by atoms with van der Waals surface area (Å²) in [5.74, 6) is 1.32. The second-order valence-electron chi connectivity index (χ2n) is 5.78. The van der Waals surface area contributed by atoms with Crippen LogP contribution in [-0.2, 0) is 17.9 Å². The molecule has 1 atom stereocenters. The van der Waals surface area contributed by atoms with Gasteiger partial charge in [0.2, 0.25) is 0 Å². The molecule has 1 aliphatic heterocycles. The Morgan fingerprint density at radius 1 is 1.40 bits per heavy atom. The fourth-order valence-electron chi connectivity index (χ4n) is 3.00. The third-order valence-corrected chi connectivity index (χ3v) is 4.00. The molecule has 112 valence electrons. The van der Waals surface area contributed by atoms with Gasteiger partial charge in [-0.05, 0) is 32.7 Å². The number of likely N-dealkylation sites (tertiary alicyclic amines) is 1. The van der Waals surface area contributed by atoms with E-state index in [1.54, 1.807) is 13.3 Å². The highest BCUT2D eigenvalue weighted by Crippen LogP contribution is 2.21. The number of nitrogens with zero attached hydrogens (tertiary/aromatic N) is 4. The number of ketones is 1. The zero-order chi connectivity index (χ0) is 14.4. The quantitative estimate of drug-likeness (QED) is 0.802. The van der Waals surface area contributed by atoms with Gasteiger partial charge in [-0.3, -0.25) is 9.69 Å². The molecule has 0 spiro atoms. The maximum absolute atomic E-state index is 11.5. The molecule has 5 heteroatoms. The van der Waals surface area contributed by atoms with Gasteiger partial charge >= 0.3 is 0 Å². The highest BCUT2D eigenvalue weighted by Gasteiger charge is 2.23. The van der Waals surface area contributed by atoms with Gasteiger partial charge in [-0.25, -0.2) is 9.67 Å². The van der Waals surface area contributed by atoms with Crippen molar-refractivity contribution in [2.45, 2.75) is 71.5 Å². The average Bonchev–Trinajstić information content (AvgIpc) is 2.71. The molecule has 1 aromatic heterocycles. The van der Waals surface area contributed by atoms with Crippen LogP contribution in [0.2, 0.25) is 0 Å². The number of carbonyl (C=O) groups excluding carboxylic acids is 1.